The van der Waals surface area contributed by atoms with Crippen LogP contribution in [0.15, 0.2) is 91.0 Å². The minimum absolute atomic E-state index is 0.0105. The van der Waals surface area contributed by atoms with Crippen LogP contribution in [0.3, 0.4) is 0 Å². The molecule has 4 aromatic rings. The molecule has 9 rings (SSSR count). The molecule has 0 unspecified atom stereocenters. The molecule has 11 heteroatoms. The number of esters is 1. The van der Waals surface area contributed by atoms with E-state index >= 15 is 0 Å². The number of benzene rings is 4. The van der Waals surface area contributed by atoms with Crippen LogP contribution in [0.5, 0.6) is 11.5 Å². The summed E-state index contributed by atoms with van der Waals surface area (Å²) in [5.41, 5.74) is 4.92. The van der Waals surface area contributed by atoms with Gasteiger partial charge in [-0.1, -0.05) is 48.5 Å². The molecule has 0 aromatic heterocycles. The number of nitro groups is 1. The van der Waals surface area contributed by atoms with Crippen LogP contribution < -0.4 is 19.3 Å². The number of methoxy groups -OCH3 is 1. The number of hydrogen-bond donors (Lipinski definition) is 0. The first kappa shape index (κ1) is 28.6. The highest BCUT2D eigenvalue weighted by Crippen LogP contribution is 2.61. The Morgan fingerprint density at radius 3 is 1.87 bits per heavy atom. The molecule has 0 radical (unpaired) electrons. The summed E-state index contributed by atoms with van der Waals surface area (Å²) in [6.07, 6.45) is -0.107. The number of imide groups is 1. The largest absolute Gasteiger partial charge is 0.494 e. The molecular formula is C36H27N3O8. The SMILES string of the molecule is COc1cc([N+](=O)[O-])ccc1N1C[C@H](C(=O)Oc2ccc(N3C(=O)[C@@H]4C5c6ccccc6C(c6ccccc65)[C@H]4C3=O)cc2)CC1=O. The molecule has 2 heterocycles. The summed E-state index contributed by atoms with van der Waals surface area (Å²) in [6, 6.07) is 26.3. The number of rotatable bonds is 6. The zero-order valence-corrected chi connectivity index (χ0v) is 25.1. The van der Waals surface area contributed by atoms with Gasteiger partial charge in [-0.2, -0.15) is 0 Å². The Morgan fingerprint density at radius 2 is 1.36 bits per heavy atom. The van der Waals surface area contributed by atoms with E-state index in [1.165, 1.54) is 47.2 Å². The van der Waals surface area contributed by atoms with Crippen LogP contribution in [-0.4, -0.2) is 42.3 Å². The Labute approximate surface area is 268 Å². The highest BCUT2D eigenvalue weighted by Gasteiger charge is 2.61. The van der Waals surface area contributed by atoms with Gasteiger partial charge < -0.3 is 14.4 Å². The first-order chi connectivity index (χ1) is 22.8. The van der Waals surface area contributed by atoms with Crippen molar-refractivity contribution in [1.29, 1.82) is 0 Å². The van der Waals surface area contributed by atoms with Crippen molar-refractivity contribution in [3.8, 4) is 11.5 Å². The summed E-state index contributed by atoms with van der Waals surface area (Å²) in [7, 11) is 1.35. The number of carbonyl (C=O) groups is 4. The minimum Gasteiger partial charge on any atom is -0.494 e. The van der Waals surface area contributed by atoms with Gasteiger partial charge in [-0.15, -0.1) is 0 Å². The van der Waals surface area contributed by atoms with E-state index in [2.05, 4.69) is 24.3 Å². The first-order valence-corrected chi connectivity index (χ1v) is 15.3. The Hall–Kier alpha value is -5.84. The number of nitrogens with zero attached hydrogens (tertiary/aromatic N) is 3. The number of amides is 3. The third-order valence-electron chi connectivity index (χ3n) is 9.89. The molecule has 2 aliphatic heterocycles. The van der Waals surface area contributed by atoms with E-state index in [1.54, 1.807) is 12.1 Å². The number of carbonyl (C=O) groups excluding carboxylic acids is 4. The van der Waals surface area contributed by atoms with E-state index in [1.807, 2.05) is 24.3 Å². The summed E-state index contributed by atoms with van der Waals surface area (Å²) in [5, 5.41) is 11.2. The molecule has 3 atom stereocenters. The van der Waals surface area contributed by atoms with Crippen molar-refractivity contribution in [3.63, 3.8) is 0 Å². The number of hydrogen-bond acceptors (Lipinski definition) is 8. The zero-order chi connectivity index (χ0) is 32.6. The monoisotopic (exact) mass is 629 g/mol. The predicted octanol–water partition coefficient (Wildman–Crippen LogP) is 4.96. The van der Waals surface area contributed by atoms with Crippen molar-refractivity contribution in [3.05, 3.63) is 123 Å². The average molecular weight is 630 g/mol. The lowest BCUT2D eigenvalue weighted by atomic mass is 9.55. The maximum atomic E-state index is 14.0. The van der Waals surface area contributed by atoms with Crippen molar-refractivity contribution >= 4 is 40.8 Å². The van der Waals surface area contributed by atoms with Crippen LogP contribution in [0, 0.1) is 27.9 Å². The fourth-order valence-corrected chi connectivity index (χ4v) is 7.90. The molecule has 0 N–H and O–H groups in total. The Kier molecular flexibility index (Phi) is 6.47. The lowest BCUT2D eigenvalue weighted by Crippen LogP contribution is -2.41. The van der Waals surface area contributed by atoms with Gasteiger partial charge >= 0.3 is 5.97 Å². The van der Waals surface area contributed by atoms with E-state index in [0.29, 0.717) is 11.4 Å². The van der Waals surface area contributed by atoms with Crippen molar-refractivity contribution < 1.29 is 33.6 Å². The summed E-state index contributed by atoms with van der Waals surface area (Å²) in [5.74, 6) is -3.33. The standard InChI is InChI=1S/C36H27N3O8/c1-46-28-17-21(39(44)45)12-15-27(28)37-18-19(16-29(37)40)36(43)47-22-13-10-20(11-14-22)38-34(41)32-30-23-6-2-3-7-24(23)31(33(32)35(38)42)26-9-5-4-8-25(26)30/h2-15,17,19,30-33H,16,18H2,1H3/t19-,30?,31?,32-,33-/m1/s1. The molecule has 11 nitrogen and oxygen atoms in total. The van der Waals surface area contributed by atoms with Crippen molar-refractivity contribution in [2.45, 2.75) is 18.3 Å². The molecule has 2 saturated heterocycles. The number of ether oxygens (including phenoxy) is 2. The highest BCUT2D eigenvalue weighted by molar-refractivity contribution is 6.23. The molecule has 2 bridgehead atoms. The number of nitro benzene ring substituents is 1. The smallest absolute Gasteiger partial charge is 0.316 e. The Bertz CT molecular complexity index is 1910. The van der Waals surface area contributed by atoms with Crippen molar-refractivity contribution in [2.24, 2.45) is 17.8 Å². The van der Waals surface area contributed by atoms with E-state index in [4.69, 9.17) is 9.47 Å². The minimum atomic E-state index is -0.786. The molecule has 4 aromatic carbocycles. The number of non-ortho nitro benzene ring substituents is 1. The zero-order valence-electron chi connectivity index (χ0n) is 25.1. The van der Waals surface area contributed by atoms with Gasteiger partial charge in [0.25, 0.3) is 5.69 Å². The average Bonchev–Trinajstić information content (AvgIpc) is 3.61. The fourth-order valence-electron chi connectivity index (χ4n) is 7.90. The second kappa shape index (κ2) is 10.6. The summed E-state index contributed by atoms with van der Waals surface area (Å²) in [6.45, 7) is 0.0105. The lowest BCUT2D eigenvalue weighted by Gasteiger charge is -2.45. The van der Waals surface area contributed by atoms with Gasteiger partial charge in [0.15, 0.2) is 0 Å². The summed E-state index contributed by atoms with van der Waals surface area (Å²) >= 11 is 0. The number of anilines is 2. The fraction of sp³-hybridized carbons (Fsp3) is 0.222. The summed E-state index contributed by atoms with van der Waals surface area (Å²) < 4.78 is 10.9. The molecule has 3 amide bonds. The van der Waals surface area contributed by atoms with Gasteiger partial charge in [0.1, 0.15) is 11.5 Å². The van der Waals surface area contributed by atoms with Crippen LogP contribution in [0.25, 0.3) is 0 Å². The van der Waals surface area contributed by atoms with Gasteiger partial charge in [-0.05, 0) is 52.6 Å². The van der Waals surface area contributed by atoms with Crippen LogP contribution >= 0.6 is 0 Å². The van der Waals surface area contributed by atoms with Gasteiger partial charge in [-0.3, -0.25) is 29.3 Å². The molecule has 2 fully saturated rings. The third-order valence-corrected chi connectivity index (χ3v) is 9.89. The summed E-state index contributed by atoms with van der Waals surface area (Å²) in [4.78, 5) is 67.2. The molecule has 47 heavy (non-hydrogen) atoms. The molecule has 3 aliphatic carbocycles. The van der Waals surface area contributed by atoms with Crippen LogP contribution in [0.1, 0.15) is 40.5 Å². The van der Waals surface area contributed by atoms with E-state index < -0.39 is 28.6 Å². The van der Waals surface area contributed by atoms with Gasteiger partial charge in [0, 0.05) is 30.9 Å². The van der Waals surface area contributed by atoms with Crippen molar-refractivity contribution in [1.82, 2.24) is 0 Å². The predicted molar refractivity (Wildman–Crippen MR) is 168 cm³/mol. The second-order valence-electron chi connectivity index (χ2n) is 12.2. The molecule has 5 aliphatic rings. The maximum absolute atomic E-state index is 14.0. The van der Waals surface area contributed by atoms with Crippen LogP contribution in [-0.2, 0) is 19.2 Å². The Balaban J connectivity index is 0.999. The third kappa shape index (κ3) is 4.26. The molecule has 0 spiro atoms. The lowest BCUT2D eigenvalue weighted by molar-refractivity contribution is -0.384. The molecule has 0 saturated carbocycles. The highest BCUT2D eigenvalue weighted by atomic mass is 16.6. The molecular weight excluding hydrogens is 602 g/mol. The first-order valence-electron chi connectivity index (χ1n) is 15.3. The normalized spacial score (nSPS) is 23.8. The van der Waals surface area contributed by atoms with E-state index in [9.17, 15) is 29.3 Å². The maximum Gasteiger partial charge on any atom is 0.316 e. The van der Waals surface area contributed by atoms with Gasteiger partial charge in [0.2, 0.25) is 17.7 Å². The van der Waals surface area contributed by atoms with Gasteiger partial charge in [0.05, 0.1) is 47.2 Å². The second-order valence-corrected chi connectivity index (χ2v) is 12.2. The van der Waals surface area contributed by atoms with E-state index in [-0.39, 0.29) is 59.7 Å². The van der Waals surface area contributed by atoms with E-state index in [0.717, 1.165) is 22.3 Å². The Morgan fingerprint density at radius 1 is 0.809 bits per heavy atom. The van der Waals surface area contributed by atoms with Crippen LogP contribution in [0.2, 0.25) is 0 Å². The van der Waals surface area contributed by atoms with Gasteiger partial charge in [-0.25, -0.2) is 4.90 Å². The van der Waals surface area contributed by atoms with Crippen molar-refractivity contribution in [2.75, 3.05) is 23.5 Å². The quantitative estimate of drug-likeness (QED) is 0.0960. The van der Waals surface area contributed by atoms with Crippen LogP contribution in [0.4, 0.5) is 17.1 Å². The molecule has 234 valence electrons. The topological polar surface area (TPSA) is 136 Å².